The Kier molecular flexibility index (Phi) is 9.08. The Morgan fingerprint density at radius 2 is 1.76 bits per heavy atom. The Hall–Kier alpha value is -0.436. The molecule has 2 nitrogen and oxygen atoms in total. The van der Waals surface area contributed by atoms with Crippen molar-refractivity contribution in [3.63, 3.8) is 0 Å². The molecule has 0 aliphatic rings. The van der Waals surface area contributed by atoms with Crippen LogP contribution in [0.1, 0.15) is 37.5 Å². The van der Waals surface area contributed by atoms with E-state index in [1.54, 1.807) is 12.1 Å². The van der Waals surface area contributed by atoms with E-state index < -0.39 is 0 Å². The van der Waals surface area contributed by atoms with Crippen LogP contribution in [0.4, 0.5) is 4.39 Å². The molecule has 25 heavy (non-hydrogen) atoms. The van der Waals surface area contributed by atoms with Crippen LogP contribution in [0.15, 0.2) is 30.3 Å². The van der Waals surface area contributed by atoms with Gasteiger partial charge in [-0.25, -0.2) is 4.39 Å². The van der Waals surface area contributed by atoms with Crippen LogP contribution in [0.25, 0.3) is 5.32 Å². The van der Waals surface area contributed by atoms with Crippen molar-refractivity contribution in [1.82, 2.24) is 0 Å². The quantitative estimate of drug-likeness (QED) is 0.545. The van der Waals surface area contributed by atoms with Crippen LogP contribution >= 0.6 is 17.9 Å². The van der Waals surface area contributed by atoms with E-state index in [2.05, 4.69) is 14.6 Å². The van der Waals surface area contributed by atoms with E-state index in [0.717, 1.165) is 27.3 Å². The molecule has 1 N–H and O–H groups in total. The fourth-order valence-corrected chi connectivity index (χ4v) is 3.72. The number of halogens is 2. The van der Waals surface area contributed by atoms with Crippen molar-refractivity contribution in [3.8, 4) is 5.75 Å². The fourth-order valence-electron chi connectivity index (χ4n) is 2.34. The molecule has 0 aromatic heterocycles. The van der Waals surface area contributed by atoms with E-state index in [1.807, 2.05) is 46.8 Å². The van der Waals surface area contributed by atoms with Gasteiger partial charge in [-0.1, -0.05) is 47.0 Å². The predicted molar refractivity (Wildman–Crippen MR) is 104 cm³/mol. The Morgan fingerprint density at radius 1 is 1.12 bits per heavy atom. The van der Waals surface area contributed by atoms with E-state index in [9.17, 15) is 9.50 Å². The minimum atomic E-state index is -0.248. The second-order valence-electron chi connectivity index (χ2n) is 6.89. The molecule has 0 fully saturated rings. The monoisotopic (exact) mass is 415 g/mol. The van der Waals surface area contributed by atoms with Crippen molar-refractivity contribution in [2.24, 2.45) is 0 Å². The average Bonchev–Trinajstić information content (AvgIpc) is 2.53. The number of hydrogen-bond acceptors (Lipinski definition) is 1. The van der Waals surface area contributed by atoms with Crippen LogP contribution in [0.2, 0.25) is 0 Å². The summed E-state index contributed by atoms with van der Waals surface area (Å²) >= 11 is 1.47. The molecule has 1 atom stereocenters. The summed E-state index contributed by atoms with van der Waals surface area (Å²) in [5.41, 5.74) is 2.72. The summed E-state index contributed by atoms with van der Waals surface area (Å²) in [6, 6.07) is 8.79. The molecule has 1 unspecified atom stereocenters. The maximum atomic E-state index is 13.6. The van der Waals surface area contributed by atoms with Crippen LogP contribution in [0.5, 0.6) is 5.75 Å². The van der Waals surface area contributed by atoms with E-state index in [4.69, 9.17) is 0 Å². The van der Waals surface area contributed by atoms with Gasteiger partial charge in [-0.15, -0.1) is 12.1 Å². The molecule has 0 saturated heterocycles. The van der Waals surface area contributed by atoms with Crippen molar-refractivity contribution in [3.05, 3.63) is 58.2 Å². The molecule has 2 rings (SSSR count). The van der Waals surface area contributed by atoms with Crippen LogP contribution in [-0.2, 0) is 25.9 Å². The van der Waals surface area contributed by atoms with Gasteiger partial charge in [0.15, 0.2) is 0 Å². The molecular formula is C19H24ClFNOPTi. The number of benzene rings is 2. The Bertz CT molecular complexity index is 719. The first-order valence-corrected chi connectivity index (χ1v) is 11.0. The summed E-state index contributed by atoms with van der Waals surface area (Å²) in [6.07, 6.45) is 0. The molecule has 0 aliphatic carbocycles. The standard InChI is InChI=1S/C19H24FNOP.ClH.Ti/c1-12-8-13(2)18(22)17(9-12)23-16-7-6-15(20)10-14(16)11-21-19(3,4)5;;/h6-10,22-23H,11H2,1-5H3;1H;/q-1;;+2/p-1. The fraction of sp³-hybridized carbons (Fsp3) is 0.368. The zero-order chi connectivity index (χ0) is 19.2. The summed E-state index contributed by atoms with van der Waals surface area (Å²) in [4.78, 5) is 0. The second-order valence-corrected chi connectivity index (χ2v) is 8.22. The third kappa shape index (κ3) is 7.37. The molecule has 0 spiro atoms. The predicted octanol–water partition coefficient (Wildman–Crippen LogP) is 5.14. The first kappa shape index (κ1) is 22.6. The SMILES string of the molecule is Cc1cc(C)c(O)c(Pc2ccc(F)cc2C[N-]C(C)(C)C)c1.[Cl][Ti+]. The molecular weight excluding hydrogens is 392 g/mol. The van der Waals surface area contributed by atoms with Crippen LogP contribution in [0.3, 0.4) is 0 Å². The van der Waals surface area contributed by atoms with Crippen molar-refractivity contribution in [2.45, 2.75) is 46.7 Å². The number of rotatable bonds is 4. The van der Waals surface area contributed by atoms with E-state index in [0.29, 0.717) is 12.3 Å². The second kappa shape index (κ2) is 10.0. The van der Waals surface area contributed by atoms with Crippen molar-refractivity contribution < 1.29 is 28.9 Å². The van der Waals surface area contributed by atoms with E-state index in [-0.39, 0.29) is 19.9 Å². The first-order valence-electron chi connectivity index (χ1n) is 7.89. The number of aromatic hydroxyl groups is 1. The number of nitrogens with zero attached hydrogens (tertiary/aromatic N) is 1. The molecule has 2 aromatic carbocycles. The van der Waals surface area contributed by atoms with Gasteiger partial charge in [0.25, 0.3) is 0 Å². The summed E-state index contributed by atoms with van der Waals surface area (Å²) < 4.78 is 13.6. The van der Waals surface area contributed by atoms with E-state index >= 15 is 0 Å². The molecule has 0 bridgehead atoms. The van der Waals surface area contributed by atoms with Crippen molar-refractivity contribution in [2.75, 3.05) is 0 Å². The van der Waals surface area contributed by atoms with Crippen molar-refractivity contribution >= 4 is 28.5 Å². The van der Waals surface area contributed by atoms with Crippen LogP contribution in [-0.4, -0.2) is 10.6 Å². The summed E-state index contributed by atoms with van der Waals surface area (Å²) in [5, 5.41) is 16.8. The zero-order valence-corrected chi connectivity index (χ0v) is 18.6. The maximum absolute atomic E-state index is 13.6. The zero-order valence-electron chi connectivity index (χ0n) is 15.2. The number of aryl methyl sites for hydroxylation is 2. The Labute approximate surface area is 167 Å². The number of phenols is 1. The average molecular weight is 416 g/mol. The van der Waals surface area contributed by atoms with Gasteiger partial charge < -0.3 is 10.4 Å². The summed E-state index contributed by atoms with van der Waals surface area (Å²) in [6.45, 7) is 10.5. The summed E-state index contributed by atoms with van der Waals surface area (Å²) in [7, 11) is 4.92. The summed E-state index contributed by atoms with van der Waals surface area (Å²) in [5.74, 6) is 0.0827. The Morgan fingerprint density at radius 3 is 2.36 bits per heavy atom. The molecule has 0 aliphatic heterocycles. The van der Waals surface area contributed by atoms with Crippen LogP contribution < -0.4 is 10.6 Å². The van der Waals surface area contributed by atoms with Crippen LogP contribution in [0, 0.1) is 19.7 Å². The molecule has 0 saturated carbocycles. The van der Waals surface area contributed by atoms with Gasteiger partial charge in [0.1, 0.15) is 11.6 Å². The third-order valence-corrected chi connectivity index (χ3v) is 4.91. The first-order chi connectivity index (χ1) is 11.7. The molecule has 0 amide bonds. The van der Waals surface area contributed by atoms with Gasteiger partial charge in [0, 0.05) is 5.30 Å². The van der Waals surface area contributed by atoms with Gasteiger partial charge in [-0.2, -0.15) is 0 Å². The molecule has 2 aromatic rings. The molecule has 6 heteroatoms. The van der Waals surface area contributed by atoms with Gasteiger partial charge in [-0.3, -0.25) is 0 Å². The number of hydrogen-bond donors (Lipinski definition) is 1. The minimum absolute atomic E-state index is 0.158. The molecule has 0 radical (unpaired) electrons. The molecule has 134 valence electrons. The number of phenolic OH excluding ortho intramolecular Hbond substituents is 1. The third-order valence-electron chi connectivity index (χ3n) is 3.51. The van der Waals surface area contributed by atoms with E-state index in [1.165, 1.54) is 25.4 Å². The topological polar surface area (TPSA) is 34.3 Å². The normalized spacial score (nSPS) is 11.4. The van der Waals surface area contributed by atoms with Gasteiger partial charge in [0.2, 0.25) is 0 Å². The Balaban J connectivity index is 0.00000151. The van der Waals surface area contributed by atoms with Gasteiger partial charge in [0.05, 0.1) is 0 Å². The van der Waals surface area contributed by atoms with Gasteiger partial charge >= 0.3 is 28.7 Å². The van der Waals surface area contributed by atoms with Gasteiger partial charge in [-0.05, 0) is 48.5 Å². The molecule has 0 heterocycles. The van der Waals surface area contributed by atoms with Crippen molar-refractivity contribution in [1.29, 1.82) is 0 Å².